The number of carbonyl (C=O) groups excluding carboxylic acids is 2. The van der Waals surface area contributed by atoms with Gasteiger partial charge < -0.3 is 10.2 Å². The molecular formula is C35H37BrClN3O4S. The maximum Gasteiger partial charge on any atom is 0.264 e. The molecule has 0 aliphatic rings. The third-order valence-electron chi connectivity index (χ3n) is 7.52. The van der Waals surface area contributed by atoms with Crippen molar-refractivity contribution in [2.45, 2.75) is 57.1 Å². The first kappa shape index (κ1) is 34.2. The fourth-order valence-electron chi connectivity index (χ4n) is 4.80. The van der Waals surface area contributed by atoms with Gasteiger partial charge in [0, 0.05) is 28.5 Å². The number of nitrogens with zero attached hydrogens (tertiary/aromatic N) is 2. The van der Waals surface area contributed by atoms with Crippen molar-refractivity contribution in [1.29, 1.82) is 0 Å². The van der Waals surface area contributed by atoms with E-state index in [9.17, 15) is 18.0 Å². The van der Waals surface area contributed by atoms with Crippen molar-refractivity contribution in [2.75, 3.05) is 10.8 Å². The van der Waals surface area contributed by atoms with E-state index in [0.717, 1.165) is 25.5 Å². The van der Waals surface area contributed by atoms with E-state index in [0.29, 0.717) is 11.4 Å². The molecule has 0 aliphatic heterocycles. The first-order valence-electron chi connectivity index (χ1n) is 14.7. The van der Waals surface area contributed by atoms with Crippen LogP contribution in [0.3, 0.4) is 0 Å². The number of hydrogen-bond donors (Lipinski definition) is 1. The summed E-state index contributed by atoms with van der Waals surface area (Å²) in [5.74, 6) is -0.836. The molecule has 0 saturated heterocycles. The van der Waals surface area contributed by atoms with Crippen LogP contribution in [0.2, 0.25) is 5.02 Å². The van der Waals surface area contributed by atoms with Gasteiger partial charge in [0.05, 0.1) is 10.6 Å². The molecule has 0 aliphatic carbocycles. The van der Waals surface area contributed by atoms with Crippen molar-refractivity contribution >= 4 is 55.1 Å². The van der Waals surface area contributed by atoms with Gasteiger partial charge >= 0.3 is 0 Å². The molecule has 0 saturated carbocycles. The number of benzene rings is 4. The van der Waals surface area contributed by atoms with Crippen molar-refractivity contribution in [2.24, 2.45) is 0 Å². The second kappa shape index (κ2) is 15.6. The number of halogens is 2. The molecule has 236 valence electrons. The van der Waals surface area contributed by atoms with E-state index in [1.165, 1.54) is 17.0 Å². The van der Waals surface area contributed by atoms with Gasteiger partial charge in [-0.15, -0.1) is 0 Å². The van der Waals surface area contributed by atoms with Crippen LogP contribution in [-0.2, 0) is 32.6 Å². The Morgan fingerprint density at radius 3 is 2.16 bits per heavy atom. The standard InChI is InChI=1S/C35H37BrClN3O4S/c1-4-26(3)38-35(42)33(22-27-9-6-5-7-10-27)39(23-28-11-8-12-29(36)21-28)34(41)24-40(31-17-15-30(37)16-18-31)45(43,44)32-19-13-25(2)14-20-32/h5-21,26,33H,4,22-24H2,1-3H3,(H,38,42)/t26-,33-/m1/s1. The van der Waals surface area contributed by atoms with Crippen LogP contribution in [0.25, 0.3) is 0 Å². The van der Waals surface area contributed by atoms with E-state index in [1.54, 1.807) is 36.4 Å². The van der Waals surface area contributed by atoms with Gasteiger partial charge in [-0.1, -0.05) is 94.6 Å². The Morgan fingerprint density at radius 1 is 0.889 bits per heavy atom. The number of sulfonamides is 1. The van der Waals surface area contributed by atoms with Crippen LogP contribution in [0.15, 0.2) is 112 Å². The lowest BCUT2D eigenvalue weighted by molar-refractivity contribution is -0.140. The van der Waals surface area contributed by atoms with Crippen molar-refractivity contribution < 1.29 is 18.0 Å². The number of rotatable bonds is 13. The number of aryl methyl sites for hydroxylation is 1. The maximum absolute atomic E-state index is 14.5. The summed E-state index contributed by atoms with van der Waals surface area (Å²) in [7, 11) is -4.18. The zero-order chi connectivity index (χ0) is 32.6. The van der Waals surface area contributed by atoms with E-state index in [-0.39, 0.29) is 35.5 Å². The third kappa shape index (κ3) is 9.19. The molecule has 4 rings (SSSR count). The fraction of sp³-hybridized carbons (Fsp3) is 0.257. The van der Waals surface area contributed by atoms with Gasteiger partial charge in [0.2, 0.25) is 11.8 Å². The minimum atomic E-state index is -4.18. The van der Waals surface area contributed by atoms with Crippen LogP contribution < -0.4 is 9.62 Å². The normalized spacial score (nSPS) is 12.6. The molecule has 2 atom stereocenters. The first-order valence-corrected chi connectivity index (χ1v) is 17.3. The molecule has 1 N–H and O–H groups in total. The maximum atomic E-state index is 14.5. The molecule has 10 heteroatoms. The first-order chi connectivity index (χ1) is 21.5. The average molecular weight is 711 g/mol. The minimum Gasteiger partial charge on any atom is -0.352 e. The Balaban J connectivity index is 1.80. The van der Waals surface area contributed by atoms with Crippen LogP contribution in [0.1, 0.15) is 37.0 Å². The molecule has 0 radical (unpaired) electrons. The van der Waals surface area contributed by atoms with E-state index < -0.39 is 28.5 Å². The van der Waals surface area contributed by atoms with Crippen LogP contribution >= 0.6 is 27.5 Å². The fourth-order valence-corrected chi connectivity index (χ4v) is 6.79. The van der Waals surface area contributed by atoms with Gasteiger partial charge in [0.1, 0.15) is 12.6 Å². The van der Waals surface area contributed by atoms with Gasteiger partial charge in [0.25, 0.3) is 10.0 Å². The molecule has 0 unspecified atom stereocenters. The summed E-state index contributed by atoms with van der Waals surface area (Å²) < 4.78 is 30.1. The second-order valence-electron chi connectivity index (χ2n) is 11.0. The van der Waals surface area contributed by atoms with Gasteiger partial charge in [-0.25, -0.2) is 8.42 Å². The van der Waals surface area contributed by atoms with Gasteiger partial charge in [-0.2, -0.15) is 0 Å². The molecule has 2 amide bonds. The Morgan fingerprint density at radius 2 is 1.53 bits per heavy atom. The number of nitrogens with one attached hydrogen (secondary N) is 1. The highest BCUT2D eigenvalue weighted by Crippen LogP contribution is 2.27. The predicted molar refractivity (Wildman–Crippen MR) is 184 cm³/mol. The quantitative estimate of drug-likeness (QED) is 0.160. The van der Waals surface area contributed by atoms with Crippen molar-refractivity contribution in [3.8, 4) is 0 Å². The Kier molecular flexibility index (Phi) is 11.8. The number of amides is 2. The highest BCUT2D eigenvalue weighted by Gasteiger charge is 2.35. The Hall–Kier alpha value is -3.66. The Labute approximate surface area is 279 Å². The summed E-state index contributed by atoms with van der Waals surface area (Å²) in [5.41, 5.74) is 2.83. The second-order valence-corrected chi connectivity index (χ2v) is 14.2. The number of anilines is 1. The molecule has 0 bridgehead atoms. The van der Waals surface area contributed by atoms with Gasteiger partial charge in [0.15, 0.2) is 0 Å². The highest BCUT2D eigenvalue weighted by atomic mass is 79.9. The largest absolute Gasteiger partial charge is 0.352 e. The molecular weight excluding hydrogens is 674 g/mol. The molecule has 45 heavy (non-hydrogen) atoms. The molecule has 0 aromatic heterocycles. The molecule has 0 fully saturated rings. The lowest BCUT2D eigenvalue weighted by Crippen LogP contribution is -2.54. The van der Waals surface area contributed by atoms with Crippen molar-refractivity contribution in [3.63, 3.8) is 0 Å². The summed E-state index contributed by atoms with van der Waals surface area (Å²) in [6.07, 6.45) is 0.955. The Bertz CT molecular complexity index is 1700. The van der Waals surface area contributed by atoms with Crippen molar-refractivity contribution in [3.05, 3.63) is 129 Å². The smallest absolute Gasteiger partial charge is 0.264 e. The van der Waals surface area contributed by atoms with E-state index in [2.05, 4.69) is 21.2 Å². The van der Waals surface area contributed by atoms with Crippen LogP contribution in [0, 0.1) is 6.92 Å². The SMILES string of the molecule is CC[C@@H](C)NC(=O)[C@@H](Cc1ccccc1)N(Cc1cccc(Br)c1)C(=O)CN(c1ccc(Cl)cc1)S(=O)(=O)c1ccc(C)cc1. The summed E-state index contributed by atoms with van der Waals surface area (Å²) in [6, 6.07) is 28.7. The molecule has 0 spiro atoms. The minimum absolute atomic E-state index is 0.0461. The number of hydrogen-bond acceptors (Lipinski definition) is 4. The van der Waals surface area contributed by atoms with Gasteiger partial charge in [-0.3, -0.25) is 13.9 Å². The van der Waals surface area contributed by atoms with E-state index >= 15 is 0 Å². The zero-order valence-electron chi connectivity index (χ0n) is 25.5. The molecule has 0 heterocycles. The highest BCUT2D eigenvalue weighted by molar-refractivity contribution is 9.10. The molecule has 4 aromatic carbocycles. The predicted octanol–water partition coefficient (Wildman–Crippen LogP) is 7.16. The third-order valence-corrected chi connectivity index (χ3v) is 10.0. The lowest BCUT2D eigenvalue weighted by Gasteiger charge is -2.34. The molecule has 7 nitrogen and oxygen atoms in total. The van der Waals surface area contributed by atoms with E-state index in [1.807, 2.05) is 75.4 Å². The summed E-state index contributed by atoms with van der Waals surface area (Å²) in [4.78, 5) is 29.9. The zero-order valence-corrected chi connectivity index (χ0v) is 28.6. The summed E-state index contributed by atoms with van der Waals surface area (Å²) in [5, 5.41) is 3.48. The average Bonchev–Trinajstić information content (AvgIpc) is 3.02. The number of carbonyl (C=O) groups is 2. The van der Waals surface area contributed by atoms with Crippen LogP contribution in [0.5, 0.6) is 0 Å². The summed E-state index contributed by atoms with van der Waals surface area (Å²) >= 11 is 9.64. The van der Waals surface area contributed by atoms with Crippen molar-refractivity contribution in [1.82, 2.24) is 10.2 Å². The summed E-state index contributed by atoms with van der Waals surface area (Å²) in [6.45, 7) is 5.31. The monoisotopic (exact) mass is 709 g/mol. The molecule has 4 aromatic rings. The van der Waals surface area contributed by atoms with Crippen LogP contribution in [-0.4, -0.2) is 43.8 Å². The van der Waals surface area contributed by atoms with E-state index in [4.69, 9.17) is 11.6 Å². The topological polar surface area (TPSA) is 86.8 Å². The lowest BCUT2D eigenvalue weighted by atomic mass is 10.0. The van der Waals surface area contributed by atoms with Crippen LogP contribution in [0.4, 0.5) is 5.69 Å². The van der Waals surface area contributed by atoms with Gasteiger partial charge in [-0.05, 0) is 79.9 Å².